The summed E-state index contributed by atoms with van der Waals surface area (Å²) < 4.78 is 1.94. The molecule has 0 spiro atoms. The Bertz CT molecular complexity index is 1040. The highest BCUT2D eigenvalue weighted by molar-refractivity contribution is 7.99. The van der Waals surface area contributed by atoms with Gasteiger partial charge in [0.25, 0.3) is 0 Å². The normalized spacial score (nSPS) is 10.8. The Morgan fingerprint density at radius 2 is 1.97 bits per heavy atom. The molecule has 0 saturated carbocycles. The fourth-order valence-corrected chi connectivity index (χ4v) is 4.47. The van der Waals surface area contributed by atoms with Crippen molar-refractivity contribution in [1.29, 1.82) is 0 Å². The molecule has 0 atom stereocenters. The molecule has 30 heavy (non-hydrogen) atoms. The standard InChI is InChI=1S/C20H21ClN6OS2/c1-4-8-27-17(11-29-19-22-13(2)9-14(3)23-19)25-26-20(27)30-12-18(28)24-16-7-5-6-15(21)10-16/h4-7,9-10H,1,8,11-12H2,2-3H3,(H,24,28). The molecule has 0 bridgehead atoms. The summed E-state index contributed by atoms with van der Waals surface area (Å²) in [7, 11) is 0. The van der Waals surface area contributed by atoms with E-state index in [4.69, 9.17) is 11.6 Å². The third-order valence-electron chi connectivity index (χ3n) is 3.84. The molecule has 7 nitrogen and oxygen atoms in total. The SMILES string of the molecule is C=CCn1c(CSc2nc(C)cc(C)n2)nnc1SCC(=O)Nc1cccc(Cl)c1. The lowest BCUT2D eigenvalue weighted by Crippen LogP contribution is -2.14. The summed E-state index contributed by atoms with van der Waals surface area (Å²) in [6.45, 7) is 8.25. The van der Waals surface area contributed by atoms with E-state index in [0.29, 0.717) is 33.3 Å². The number of allylic oxidation sites excluding steroid dienone is 1. The van der Waals surface area contributed by atoms with Crippen molar-refractivity contribution >= 4 is 46.7 Å². The van der Waals surface area contributed by atoms with E-state index in [0.717, 1.165) is 17.2 Å². The first kappa shape index (κ1) is 22.3. The Labute approximate surface area is 188 Å². The van der Waals surface area contributed by atoms with Gasteiger partial charge in [-0.3, -0.25) is 4.79 Å². The number of carbonyl (C=O) groups is 1. The first-order chi connectivity index (χ1) is 14.4. The molecule has 2 aromatic heterocycles. The van der Waals surface area contributed by atoms with E-state index < -0.39 is 0 Å². The number of halogens is 1. The zero-order chi connectivity index (χ0) is 21.5. The molecule has 3 rings (SSSR count). The van der Waals surface area contributed by atoms with Gasteiger partial charge in [-0.15, -0.1) is 16.8 Å². The van der Waals surface area contributed by atoms with Crippen LogP contribution in [0.1, 0.15) is 17.2 Å². The minimum absolute atomic E-state index is 0.144. The molecule has 0 unspecified atom stereocenters. The van der Waals surface area contributed by atoms with E-state index in [-0.39, 0.29) is 11.7 Å². The van der Waals surface area contributed by atoms with Crippen molar-refractivity contribution in [3.8, 4) is 0 Å². The van der Waals surface area contributed by atoms with E-state index in [1.165, 1.54) is 23.5 Å². The summed E-state index contributed by atoms with van der Waals surface area (Å²) in [6.07, 6.45) is 1.78. The van der Waals surface area contributed by atoms with Crippen LogP contribution < -0.4 is 5.32 Å². The monoisotopic (exact) mass is 460 g/mol. The van der Waals surface area contributed by atoms with Gasteiger partial charge in [0.1, 0.15) is 5.82 Å². The minimum Gasteiger partial charge on any atom is -0.325 e. The second-order valence-corrected chi connectivity index (χ2v) is 8.69. The summed E-state index contributed by atoms with van der Waals surface area (Å²) in [4.78, 5) is 21.2. The number of hydrogen-bond donors (Lipinski definition) is 1. The molecule has 1 aromatic carbocycles. The number of benzene rings is 1. The summed E-state index contributed by atoms with van der Waals surface area (Å²) in [5.74, 6) is 1.41. The maximum atomic E-state index is 12.3. The Morgan fingerprint density at radius 3 is 2.67 bits per heavy atom. The molecule has 156 valence electrons. The van der Waals surface area contributed by atoms with E-state index >= 15 is 0 Å². The van der Waals surface area contributed by atoms with Crippen molar-refractivity contribution in [2.24, 2.45) is 0 Å². The van der Waals surface area contributed by atoms with Crippen molar-refractivity contribution in [3.63, 3.8) is 0 Å². The Balaban J connectivity index is 1.63. The third kappa shape index (κ3) is 6.32. The summed E-state index contributed by atoms with van der Waals surface area (Å²) in [5.41, 5.74) is 2.52. The molecule has 0 aliphatic heterocycles. The van der Waals surface area contributed by atoms with Crippen LogP contribution in [0.25, 0.3) is 0 Å². The van der Waals surface area contributed by atoms with Crippen molar-refractivity contribution < 1.29 is 4.79 Å². The average Bonchev–Trinajstić information content (AvgIpc) is 3.06. The van der Waals surface area contributed by atoms with E-state index in [1.807, 2.05) is 24.5 Å². The first-order valence-electron chi connectivity index (χ1n) is 9.11. The molecule has 0 saturated heterocycles. The van der Waals surface area contributed by atoms with Gasteiger partial charge in [-0.1, -0.05) is 47.3 Å². The topological polar surface area (TPSA) is 85.6 Å². The van der Waals surface area contributed by atoms with Crippen LogP contribution in [0, 0.1) is 13.8 Å². The lowest BCUT2D eigenvalue weighted by molar-refractivity contribution is -0.113. The van der Waals surface area contributed by atoms with E-state index in [2.05, 4.69) is 32.1 Å². The molecule has 0 aliphatic carbocycles. The number of thioether (sulfide) groups is 2. The summed E-state index contributed by atoms with van der Waals surface area (Å²) in [5, 5.41) is 13.3. The number of nitrogens with zero attached hydrogens (tertiary/aromatic N) is 5. The van der Waals surface area contributed by atoms with Crippen LogP contribution in [0.4, 0.5) is 5.69 Å². The van der Waals surface area contributed by atoms with Crippen LogP contribution in [-0.2, 0) is 17.1 Å². The fraction of sp³-hybridized carbons (Fsp3) is 0.250. The summed E-state index contributed by atoms with van der Waals surface area (Å²) >= 11 is 8.78. The van der Waals surface area contributed by atoms with Crippen molar-refractivity contribution in [2.45, 2.75) is 36.5 Å². The molecule has 0 radical (unpaired) electrons. The van der Waals surface area contributed by atoms with E-state index in [9.17, 15) is 4.79 Å². The highest BCUT2D eigenvalue weighted by Gasteiger charge is 2.15. The van der Waals surface area contributed by atoms with Crippen LogP contribution in [0.3, 0.4) is 0 Å². The smallest absolute Gasteiger partial charge is 0.234 e. The molecular weight excluding hydrogens is 440 g/mol. The predicted molar refractivity (Wildman–Crippen MR) is 122 cm³/mol. The Hall–Kier alpha value is -2.36. The molecule has 2 heterocycles. The largest absolute Gasteiger partial charge is 0.325 e. The number of carbonyl (C=O) groups excluding carboxylic acids is 1. The van der Waals surface area contributed by atoms with Gasteiger partial charge in [0.2, 0.25) is 5.91 Å². The molecule has 3 aromatic rings. The summed E-state index contributed by atoms with van der Waals surface area (Å²) in [6, 6.07) is 8.98. The number of anilines is 1. The van der Waals surface area contributed by atoms with Crippen molar-refractivity contribution in [1.82, 2.24) is 24.7 Å². The quantitative estimate of drug-likeness (QED) is 0.285. The number of nitrogens with one attached hydrogen (secondary N) is 1. The van der Waals surface area contributed by atoms with Gasteiger partial charge in [0.05, 0.1) is 11.5 Å². The lowest BCUT2D eigenvalue weighted by Gasteiger charge is -2.08. The van der Waals surface area contributed by atoms with Crippen LogP contribution >= 0.6 is 35.1 Å². The zero-order valence-electron chi connectivity index (χ0n) is 16.6. The van der Waals surface area contributed by atoms with Crippen molar-refractivity contribution in [2.75, 3.05) is 11.1 Å². The highest BCUT2D eigenvalue weighted by atomic mass is 35.5. The predicted octanol–water partition coefficient (Wildman–Crippen LogP) is 4.55. The molecule has 10 heteroatoms. The van der Waals surface area contributed by atoms with Gasteiger partial charge < -0.3 is 9.88 Å². The number of aromatic nitrogens is 5. The minimum atomic E-state index is -0.144. The Kier molecular flexibility index (Phi) is 7.89. The second kappa shape index (κ2) is 10.6. The van der Waals surface area contributed by atoms with E-state index in [1.54, 1.807) is 30.3 Å². The van der Waals surface area contributed by atoms with Gasteiger partial charge in [-0.05, 0) is 38.1 Å². The van der Waals surface area contributed by atoms with Crippen LogP contribution in [0.5, 0.6) is 0 Å². The second-order valence-electron chi connectivity index (χ2n) is 6.37. The zero-order valence-corrected chi connectivity index (χ0v) is 19.0. The third-order valence-corrected chi connectivity index (χ3v) is 5.88. The van der Waals surface area contributed by atoms with Crippen LogP contribution in [-0.4, -0.2) is 36.4 Å². The fourth-order valence-electron chi connectivity index (χ4n) is 2.63. The van der Waals surface area contributed by atoms with Gasteiger partial charge in [0.15, 0.2) is 10.3 Å². The number of hydrogen-bond acceptors (Lipinski definition) is 7. The first-order valence-corrected chi connectivity index (χ1v) is 11.5. The van der Waals surface area contributed by atoms with Crippen LogP contribution in [0.2, 0.25) is 5.02 Å². The number of aryl methyl sites for hydroxylation is 2. The molecule has 0 aliphatic rings. The van der Waals surface area contributed by atoms with Crippen LogP contribution in [0.15, 0.2) is 53.3 Å². The van der Waals surface area contributed by atoms with Gasteiger partial charge in [0, 0.05) is 28.6 Å². The van der Waals surface area contributed by atoms with Gasteiger partial charge in [-0.2, -0.15) is 0 Å². The number of rotatable bonds is 9. The Morgan fingerprint density at radius 1 is 1.20 bits per heavy atom. The maximum absolute atomic E-state index is 12.3. The van der Waals surface area contributed by atoms with Gasteiger partial charge in [-0.25, -0.2) is 9.97 Å². The maximum Gasteiger partial charge on any atom is 0.234 e. The number of amides is 1. The average molecular weight is 461 g/mol. The highest BCUT2D eigenvalue weighted by Crippen LogP contribution is 2.23. The molecule has 1 N–H and O–H groups in total. The molecule has 0 fully saturated rings. The molecular formula is C20H21ClN6OS2. The van der Waals surface area contributed by atoms with Gasteiger partial charge >= 0.3 is 0 Å². The lowest BCUT2D eigenvalue weighted by atomic mass is 10.3. The van der Waals surface area contributed by atoms with Crippen molar-refractivity contribution in [3.05, 3.63) is 65.2 Å². The molecule has 1 amide bonds.